The van der Waals surface area contributed by atoms with E-state index in [2.05, 4.69) is 0 Å². The first-order valence-corrected chi connectivity index (χ1v) is 4.84. The van der Waals surface area contributed by atoms with Gasteiger partial charge in [0.15, 0.2) is 11.5 Å². The van der Waals surface area contributed by atoms with Crippen LogP contribution in [0.4, 0.5) is 0 Å². The van der Waals surface area contributed by atoms with Crippen LogP contribution in [0.5, 0.6) is 11.5 Å². The minimum atomic E-state index is 0.0269. The topological polar surface area (TPSA) is 68.3 Å². The molecule has 15 heavy (non-hydrogen) atoms. The van der Waals surface area contributed by atoms with Crippen LogP contribution in [0.25, 0.3) is 0 Å². The van der Waals surface area contributed by atoms with Gasteiger partial charge in [-0.3, -0.25) is 5.41 Å². The molecule has 1 aromatic carbocycles. The fourth-order valence-electron chi connectivity index (χ4n) is 1.17. The van der Waals surface area contributed by atoms with Crippen molar-refractivity contribution in [1.29, 1.82) is 5.41 Å². The second kappa shape index (κ2) is 5.24. The first-order chi connectivity index (χ1) is 7.19. The van der Waals surface area contributed by atoms with Gasteiger partial charge < -0.3 is 15.2 Å². The molecule has 4 nitrogen and oxygen atoms in total. The van der Waals surface area contributed by atoms with Crippen LogP contribution >= 0.6 is 0 Å². The third-order valence-corrected chi connectivity index (χ3v) is 1.94. The quantitative estimate of drug-likeness (QED) is 0.572. The van der Waals surface area contributed by atoms with Crippen molar-refractivity contribution < 1.29 is 9.47 Å². The Kier molecular flexibility index (Phi) is 3.97. The molecule has 0 unspecified atom stereocenters. The summed E-state index contributed by atoms with van der Waals surface area (Å²) in [6.45, 7) is 2.65. The number of rotatable bonds is 5. The minimum absolute atomic E-state index is 0.0269. The van der Waals surface area contributed by atoms with Crippen molar-refractivity contribution in [1.82, 2.24) is 0 Å². The van der Waals surface area contributed by atoms with Crippen LogP contribution in [0.15, 0.2) is 18.2 Å². The van der Waals surface area contributed by atoms with Gasteiger partial charge in [-0.1, -0.05) is 6.92 Å². The van der Waals surface area contributed by atoms with Crippen LogP contribution in [0.2, 0.25) is 0 Å². The van der Waals surface area contributed by atoms with Crippen molar-refractivity contribution in [3.8, 4) is 11.5 Å². The summed E-state index contributed by atoms with van der Waals surface area (Å²) in [5.41, 5.74) is 6.03. The minimum Gasteiger partial charge on any atom is -0.493 e. The Morgan fingerprint density at radius 1 is 1.40 bits per heavy atom. The molecule has 1 aromatic rings. The number of benzene rings is 1. The van der Waals surface area contributed by atoms with Gasteiger partial charge in [0.25, 0.3) is 0 Å². The van der Waals surface area contributed by atoms with Gasteiger partial charge in [0.05, 0.1) is 13.7 Å². The lowest BCUT2D eigenvalue weighted by Crippen LogP contribution is -2.11. The Bertz CT molecular complexity index is 350. The summed E-state index contributed by atoms with van der Waals surface area (Å²) >= 11 is 0. The Morgan fingerprint density at radius 2 is 2.13 bits per heavy atom. The third-order valence-electron chi connectivity index (χ3n) is 1.94. The van der Waals surface area contributed by atoms with E-state index in [1.807, 2.05) is 6.92 Å². The van der Waals surface area contributed by atoms with Crippen LogP contribution < -0.4 is 15.2 Å². The van der Waals surface area contributed by atoms with Crippen molar-refractivity contribution in [3.05, 3.63) is 23.8 Å². The molecule has 0 aliphatic carbocycles. The SMILES string of the molecule is CCCOc1cc(C(=N)N)ccc1OC. The first kappa shape index (κ1) is 11.4. The van der Waals surface area contributed by atoms with Crippen LogP contribution in [-0.2, 0) is 0 Å². The Balaban J connectivity index is 2.96. The standard InChI is InChI=1S/C11H16N2O2/c1-3-6-15-10-7-8(11(12)13)4-5-9(10)14-2/h4-5,7H,3,6H2,1-2H3,(H3,12,13). The maximum absolute atomic E-state index is 7.32. The maximum Gasteiger partial charge on any atom is 0.161 e. The number of ether oxygens (including phenoxy) is 2. The number of methoxy groups -OCH3 is 1. The van der Waals surface area contributed by atoms with Crippen LogP contribution in [-0.4, -0.2) is 19.6 Å². The zero-order chi connectivity index (χ0) is 11.3. The number of hydrogen-bond acceptors (Lipinski definition) is 3. The lowest BCUT2D eigenvalue weighted by atomic mass is 10.2. The second-order valence-corrected chi connectivity index (χ2v) is 3.13. The highest BCUT2D eigenvalue weighted by Gasteiger charge is 2.06. The van der Waals surface area contributed by atoms with Crippen LogP contribution in [0.3, 0.4) is 0 Å². The predicted molar refractivity (Wildman–Crippen MR) is 59.8 cm³/mol. The van der Waals surface area contributed by atoms with Gasteiger partial charge in [-0.05, 0) is 24.6 Å². The molecule has 4 heteroatoms. The number of nitrogen functional groups attached to an aromatic ring is 1. The number of nitrogens with one attached hydrogen (secondary N) is 1. The molecule has 0 saturated heterocycles. The van der Waals surface area contributed by atoms with Gasteiger partial charge in [-0.2, -0.15) is 0 Å². The van der Waals surface area contributed by atoms with E-state index in [9.17, 15) is 0 Å². The molecule has 0 aliphatic heterocycles. The first-order valence-electron chi connectivity index (χ1n) is 4.84. The third kappa shape index (κ3) is 2.87. The predicted octanol–water partition coefficient (Wildman–Crippen LogP) is 1.77. The summed E-state index contributed by atoms with van der Waals surface area (Å²) in [7, 11) is 1.58. The summed E-state index contributed by atoms with van der Waals surface area (Å²) < 4.78 is 10.6. The molecule has 1 rings (SSSR count). The zero-order valence-electron chi connectivity index (χ0n) is 9.04. The molecule has 0 bridgehead atoms. The van der Waals surface area contributed by atoms with E-state index in [0.717, 1.165) is 6.42 Å². The molecule has 0 aliphatic rings. The molecule has 0 heterocycles. The highest BCUT2D eigenvalue weighted by molar-refractivity contribution is 5.95. The largest absolute Gasteiger partial charge is 0.493 e. The van der Waals surface area contributed by atoms with Gasteiger partial charge in [-0.25, -0.2) is 0 Å². The van der Waals surface area contributed by atoms with Gasteiger partial charge in [-0.15, -0.1) is 0 Å². The Morgan fingerprint density at radius 3 is 2.67 bits per heavy atom. The van der Waals surface area contributed by atoms with Crippen LogP contribution in [0, 0.1) is 5.41 Å². The van der Waals surface area contributed by atoms with Gasteiger partial charge in [0.2, 0.25) is 0 Å². The fraction of sp³-hybridized carbons (Fsp3) is 0.364. The molecule has 82 valence electrons. The number of amidine groups is 1. The highest BCUT2D eigenvalue weighted by atomic mass is 16.5. The van der Waals surface area contributed by atoms with E-state index in [0.29, 0.717) is 23.7 Å². The van der Waals surface area contributed by atoms with E-state index in [-0.39, 0.29) is 5.84 Å². The lowest BCUT2D eigenvalue weighted by Gasteiger charge is -2.11. The van der Waals surface area contributed by atoms with Crippen LogP contribution in [0.1, 0.15) is 18.9 Å². The lowest BCUT2D eigenvalue weighted by molar-refractivity contribution is 0.294. The normalized spacial score (nSPS) is 9.73. The smallest absolute Gasteiger partial charge is 0.161 e. The Labute approximate surface area is 89.5 Å². The average Bonchev–Trinajstić information content (AvgIpc) is 2.25. The van der Waals surface area contributed by atoms with E-state index >= 15 is 0 Å². The van der Waals surface area contributed by atoms with Gasteiger partial charge in [0, 0.05) is 5.56 Å². The van der Waals surface area contributed by atoms with Crippen molar-refractivity contribution >= 4 is 5.84 Å². The highest BCUT2D eigenvalue weighted by Crippen LogP contribution is 2.27. The molecule has 0 saturated carbocycles. The maximum atomic E-state index is 7.32. The molecule has 0 spiro atoms. The monoisotopic (exact) mass is 208 g/mol. The molecule has 0 atom stereocenters. The van der Waals surface area contributed by atoms with Crippen molar-refractivity contribution in [3.63, 3.8) is 0 Å². The van der Waals surface area contributed by atoms with Gasteiger partial charge >= 0.3 is 0 Å². The summed E-state index contributed by atoms with van der Waals surface area (Å²) in [5.74, 6) is 1.32. The van der Waals surface area contributed by atoms with E-state index in [1.165, 1.54) is 0 Å². The van der Waals surface area contributed by atoms with E-state index < -0.39 is 0 Å². The summed E-state index contributed by atoms with van der Waals surface area (Å²) in [6.07, 6.45) is 0.924. The van der Waals surface area contributed by atoms with E-state index in [1.54, 1.807) is 25.3 Å². The second-order valence-electron chi connectivity index (χ2n) is 3.13. The molecular weight excluding hydrogens is 192 g/mol. The molecule has 0 fully saturated rings. The van der Waals surface area contributed by atoms with E-state index in [4.69, 9.17) is 20.6 Å². The summed E-state index contributed by atoms with van der Waals surface area (Å²) in [6, 6.07) is 5.21. The Hall–Kier alpha value is -1.71. The average molecular weight is 208 g/mol. The molecule has 0 aromatic heterocycles. The fourth-order valence-corrected chi connectivity index (χ4v) is 1.17. The van der Waals surface area contributed by atoms with Crippen molar-refractivity contribution in [2.24, 2.45) is 5.73 Å². The number of nitrogens with two attached hydrogens (primary N) is 1. The molecule has 0 radical (unpaired) electrons. The molecule has 0 amide bonds. The summed E-state index contributed by atoms with van der Waals surface area (Å²) in [4.78, 5) is 0. The number of hydrogen-bond donors (Lipinski definition) is 2. The summed E-state index contributed by atoms with van der Waals surface area (Å²) in [5, 5.41) is 7.32. The van der Waals surface area contributed by atoms with Crippen molar-refractivity contribution in [2.45, 2.75) is 13.3 Å². The zero-order valence-corrected chi connectivity index (χ0v) is 9.04. The molecule has 3 N–H and O–H groups in total. The molecular formula is C11H16N2O2. The van der Waals surface area contributed by atoms with Gasteiger partial charge in [0.1, 0.15) is 5.84 Å². The van der Waals surface area contributed by atoms with Crippen molar-refractivity contribution in [2.75, 3.05) is 13.7 Å².